The molecular formula is C23H17N3O. The second-order valence-corrected chi connectivity index (χ2v) is 6.39. The molecule has 3 heterocycles. The summed E-state index contributed by atoms with van der Waals surface area (Å²) in [7, 11) is 0. The molecule has 27 heavy (non-hydrogen) atoms. The van der Waals surface area contributed by atoms with E-state index in [1.54, 1.807) is 6.20 Å². The van der Waals surface area contributed by atoms with Gasteiger partial charge in [-0.3, -0.25) is 9.38 Å². The molecule has 0 saturated heterocycles. The van der Waals surface area contributed by atoms with Gasteiger partial charge in [-0.05, 0) is 6.07 Å². The minimum Gasteiger partial charge on any atom is -0.487 e. The molecule has 2 aromatic carbocycles. The summed E-state index contributed by atoms with van der Waals surface area (Å²) in [5.74, 6) is 1.74. The summed E-state index contributed by atoms with van der Waals surface area (Å²) in [6.07, 6.45) is 7.55. The van der Waals surface area contributed by atoms with Gasteiger partial charge in [0.1, 0.15) is 18.2 Å². The second kappa shape index (κ2) is 6.57. The molecule has 0 bridgehead atoms. The van der Waals surface area contributed by atoms with Crippen LogP contribution < -0.4 is 4.74 Å². The lowest BCUT2D eigenvalue weighted by atomic mass is 10.1. The van der Waals surface area contributed by atoms with E-state index in [2.05, 4.69) is 38.6 Å². The van der Waals surface area contributed by atoms with E-state index in [1.165, 1.54) is 0 Å². The van der Waals surface area contributed by atoms with Gasteiger partial charge in [-0.1, -0.05) is 60.7 Å². The quantitative estimate of drug-likeness (QED) is 0.451. The van der Waals surface area contributed by atoms with E-state index in [0.29, 0.717) is 6.61 Å². The summed E-state index contributed by atoms with van der Waals surface area (Å²) in [5, 5.41) is 2.20. The third kappa shape index (κ3) is 2.81. The van der Waals surface area contributed by atoms with Gasteiger partial charge in [-0.15, -0.1) is 0 Å². The van der Waals surface area contributed by atoms with E-state index in [-0.39, 0.29) is 0 Å². The van der Waals surface area contributed by atoms with Crippen LogP contribution in [-0.2, 0) is 6.61 Å². The molecule has 0 saturated carbocycles. The molecule has 5 rings (SSSR count). The maximum atomic E-state index is 6.19. The van der Waals surface area contributed by atoms with Crippen molar-refractivity contribution in [2.75, 3.05) is 0 Å². The lowest BCUT2D eigenvalue weighted by molar-refractivity contribution is 0.308. The predicted molar refractivity (Wildman–Crippen MR) is 107 cm³/mol. The second-order valence-electron chi connectivity index (χ2n) is 6.39. The van der Waals surface area contributed by atoms with Gasteiger partial charge in [0, 0.05) is 34.3 Å². The number of benzene rings is 2. The molecule has 0 aliphatic heterocycles. The number of hydrogen-bond acceptors (Lipinski definition) is 3. The van der Waals surface area contributed by atoms with Gasteiger partial charge in [-0.25, -0.2) is 4.98 Å². The maximum absolute atomic E-state index is 6.19. The summed E-state index contributed by atoms with van der Waals surface area (Å²) >= 11 is 0. The lowest BCUT2D eigenvalue weighted by Gasteiger charge is -2.12. The largest absolute Gasteiger partial charge is 0.487 e. The molecule has 0 fully saturated rings. The van der Waals surface area contributed by atoms with Crippen molar-refractivity contribution in [2.45, 2.75) is 6.61 Å². The molecule has 4 heteroatoms. The van der Waals surface area contributed by atoms with Crippen molar-refractivity contribution < 1.29 is 4.74 Å². The smallest absolute Gasteiger partial charge is 0.144 e. The highest BCUT2D eigenvalue weighted by Gasteiger charge is 2.13. The molecule has 5 aromatic rings. The summed E-state index contributed by atoms with van der Waals surface area (Å²) in [4.78, 5) is 8.83. The number of rotatable bonds is 4. The zero-order valence-electron chi connectivity index (χ0n) is 14.6. The zero-order valence-corrected chi connectivity index (χ0v) is 14.6. The Morgan fingerprint density at radius 1 is 0.815 bits per heavy atom. The number of imidazole rings is 1. The summed E-state index contributed by atoms with van der Waals surface area (Å²) in [6, 6.07) is 22.4. The van der Waals surface area contributed by atoms with Gasteiger partial charge >= 0.3 is 0 Å². The molecule has 0 radical (unpaired) electrons. The fraction of sp³-hybridized carbons (Fsp3) is 0.0435. The fourth-order valence-corrected chi connectivity index (χ4v) is 3.36. The summed E-state index contributed by atoms with van der Waals surface area (Å²) < 4.78 is 8.29. The monoisotopic (exact) mass is 351 g/mol. The number of nitrogens with zero attached hydrogens (tertiary/aromatic N) is 3. The Labute approximate surface area is 156 Å². The molecule has 4 nitrogen and oxygen atoms in total. The standard InChI is InChI=1S/C23H17N3O/c1-2-8-18(9-3-1)23-25-14-21-19-10-4-5-11-20(19)22(15-26(21)23)27-16-17-7-6-12-24-13-17/h1-15H,16H2. The highest BCUT2D eigenvalue weighted by Crippen LogP contribution is 2.32. The first kappa shape index (κ1) is 15.6. The number of hydrogen-bond donors (Lipinski definition) is 0. The third-order valence-corrected chi connectivity index (χ3v) is 4.66. The average molecular weight is 351 g/mol. The molecule has 0 spiro atoms. The van der Waals surface area contributed by atoms with E-state index < -0.39 is 0 Å². The van der Waals surface area contributed by atoms with Crippen LogP contribution in [0.25, 0.3) is 27.7 Å². The highest BCUT2D eigenvalue weighted by molar-refractivity contribution is 6.00. The van der Waals surface area contributed by atoms with Crippen LogP contribution in [-0.4, -0.2) is 14.4 Å². The van der Waals surface area contributed by atoms with Crippen molar-refractivity contribution in [3.8, 4) is 17.1 Å². The normalized spacial score (nSPS) is 11.1. The van der Waals surface area contributed by atoms with Crippen molar-refractivity contribution in [3.05, 3.63) is 97.1 Å². The minimum atomic E-state index is 0.471. The van der Waals surface area contributed by atoms with Crippen LogP contribution in [0.3, 0.4) is 0 Å². The van der Waals surface area contributed by atoms with E-state index >= 15 is 0 Å². The Balaban J connectivity index is 1.66. The van der Waals surface area contributed by atoms with Crippen molar-refractivity contribution >= 4 is 16.3 Å². The summed E-state index contributed by atoms with van der Waals surface area (Å²) in [6.45, 7) is 0.471. The van der Waals surface area contributed by atoms with Crippen LogP contribution in [0, 0.1) is 0 Å². The first-order valence-electron chi connectivity index (χ1n) is 8.86. The third-order valence-electron chi connectivity index (χ3n) is 4.66. The van der Waals surface area contributed by atoms with Gasteiger partial charge in [-0.2, -0.15) is 0 Å². The average Bonchev–Trinajstić information content (AvgIpc) is 3.17. The Bertz CT molecular complexity index is 1210. The molecule has 130 valence electrons. The maximum Gasteiger partial charge on any atom is 0.144 e. The fourth-order valence-electron chi connectivity index (χ4n) is 3.36. The van der Waals surface area contributed by atoms with Crippen LogP contribution in [0.1, 0.15) is 5.56 Å². The van der Waals surface area contributed by atoms with Gasteiger partial charge in [0.2, 0.25) is 0 Å². The Morgan fingerprint density at radius 2 is 1.63 bits per heavy atom. The molecule has 0 aliphatic rings. The lowest BCUT2D eigenvalue weighted by Crippen LogP contribution is -1.99. The number of pyridine rings is 2. The van der Waals surface area contributed by atoms with E-state index in [0.717, 1.165) is 39.0 Å². The van der Waals surface area contributed by atoms with Gasteiger partial charge in [0.05, 0.1) is 17.9 Å². The van der Waals surface area contributed by atoms with Crippen molar-refractivity contribution in [2.24, 2.45) is 0 Å². The van der Waals surface area contributed by atoms with Gasteiger partial charge in [0.25, 0.3) is 0 Å². The van der Waals surface area contributed by atoms with E-state index in [1.807, 2.05) is 61.1 Å². The Kier molecular flexibility index (Phi) is 3.79. The molecule has 0 atom stereocenters. The first-order chi connectivity index (χ1) is 13.4. The SMILES string of the molecule is c1ccc(-c2ncc3c4ccccc4c(OCc4cccnc4)cn23)cc1. The number of ether oxygens (including phenoxy) is 1. The van der Waals surface area contributed by atoms with Gasteiger partial charge < -0.3 is 4.74 Å². The van der Waals surface area contributed by atoms with Crippen molar-refractivity contribution in [1.82, 2.24) is 14.4 Å². The van der Waals surface area contributed by atoms with Crippen LogP contribution in [0.5, 0.6) is 5.75 Å². The molecular weight excluding hydrogens is 334 g/mol. The van der Waals surface area contributed by atoms with Crippen molar-refractivity contribution in [1.29, 1.82) is 0 Å². The van der Waals surface area contributed by atoms with E-state index in [9.17, 15) is 0 Å². The number of fused-ring (bicyclic) bond motifs is 3. The molecule has 0 amide bonds. The Hall–Kier alpha value is -3.66. The Morgan fingerprint density at radius 3 is 2.44 bits per heavy atom. The highest BCUT2D eigenvalue weighted by atomic mass is 16.5. The predicted octanol–water partition coefficient (Wildman–Crippen LogP) is 5.13. The van der Waals surface area contributed by atoms with Crippen LogP contribution in [0.2, 0.25) is 0 Å². The topological polar surface area (TPSA) is 39.4 Å². The molecule has 0 unspecified atom stereocenters. The van der Waals surface area contributed by atoms with E-state index in [4.69, 9.17) is 4.74 Å². The van der Waals surface area contributed by atoms with Crippen LogP contribution >= 0.6 is 0 Å². The zero-order chi connectivity index (χ0) is 18.1. The van der Waals surface area contributed by atoms with Crippen LogP contribution in [0.15, 0.2) is 91.5 Å². The molecule has 3 aromatic heterocycles. The van der Waals surface area contributed by atoms with Crippen molar-refractivity contribution in [3.63, 3.8) is 0 Å². The number of aromatic nitrogens is 3. The van der Waals surface area contributed by atoms with Gasteiger partial charge in [0.15, 0.2) is 0 Å². The summed E-state index contributed by atoms with van der Waals surface area (Å²) in [5.41, 5.74) is 3.18. The molecule has 0 aliphatic carbocycles. The molecule has 0 N–H and O–H groups in total. The minimum absolute atomic E-state index is 0.471. The first-order valence-corrected chi connectivity index (χ1v) is 8.86. The van der Waals surface area contributed by atoms with Crippen LogP contribution in [0.4, 0.5) is 0 Å².